The Kier molecular flexibility index (Phi) is 62.1. The Hall–Kier alpha value is -1.33. The van der Waals surface area contributed by atoms with Crippen LogP contribution in [0.3, 0.4) is 0 Å². The van der Waals surface area contributed by atoms with Crippen LogP contribution in [0.4, 0.5) is 0 Å². The first-order valence-electron chi connectivity index (χ1n) is 37.5. The molecule has 1 saturated heterocycles. The van der Waals surface area contributed by atoms with Crippen LogP contribution in [0.2, 0.25) is 0 Å². The van der Waals surface area contributed by atoms with Crippen molar-refractivity contribution in [3.63, 3.8) is 0 Å². The van der Waals surface area contributed by atoms with E-state index < -0.39 is 49.5 Å². The number of aliphatic hydroxyl groups excluding tert-OH is 5. The predicted octanol–water partition coefficient (Wildman–Crippen LogP) is 20.8. The van der Waals surface area contributed by atoms with Crippen molar-refractivity contribution in [3.05, 3.63) is 24.3 Å². The third kappa shape index (κ3) is 52.6. The molecule has 0 bridgehead atoms. The molecule has 498 valence electrons. The van der Waals surface area contributed by atoms with Gasteiger partial charge in [0, 0.05) is 6.42 Å². The van der Waals surface area contributed by atoms with Gasteiger partial charge in [0.15, 0.2) is 6.29 Å². The molecule has 0 spiro atoms. The minimum absolute atomic E-state index is 0.132. The normalized spacial score (nSPS) is 18.2. The van der Waals surface area contributed by atoms with E-state index in [4.69, 9.17) is 9.47 Å². The highest BCUT2D eigenvalue weighted by atomic mass is 16.7. The first-order chi connectivity index (χ1) is 41.3. The molecule has 0 saturated carbocycles. The molecule has 6 N–H and O–H groups in total. The molecule has 7 unspecified atom stereocenters. The van der Waals surface area contributed by atoms with Crippen molar-refractivity contribution in [2.24, 2.45) is 0 Å². The van der Waals surface area contributed by atoms with Crippen molar-refractivity contribution in [2.75, 3.05) is 13.2 Å². The fourth-order valence-corrected chi connectivity index (χ4v) is 12.4. The number of hydrogen-bond acceptors (Lipinski definition) is 8. The molecule has 84 heavy (non-hydrogen) atoms. The number of hydrogen-bond donors (Lipinski definition) is 6. The highest BCUT2D eigenvalue weighted by Gasteiger charge is 2.44. The highest BCUT2D eigenvalue weighted by molar-refractivity contribution is 5.76. The van der Waals surface area contributed by atoms with Crippen molar-refractivity contribution in [2.45, 2.75) is 436 Å². The number of allylic oxidation sites excluding steroid dienone is 4. The maximum Gasteiger partial charge on any atom is 0.220 e. The van der Waals surface area contributed by atoms with E-state index in [0.717, 1.165) is 44.9 Å². The van der Waals surface area contributed by atoms with Crippen molar-refractivity contribution in [3.8, 4) is 0 Å². The molecule has 1 aliphatic heterocycles. The molecule has 0 aromatic heterocycles. The molecule has 0 aromatic rings. The van der Waals surface area contributed by atoms with Gasteiger partial charge in [0.2, 0.25) is 5.91 Å². The number of amides is 1. The Morgan fingerprint density at radius 1 is 0.405 bits per heavy atom. The average Bonchev–Trinajstić information content (AvgIpc) is 3.70. The van der Waals surface area contributed by atoms with Crippen LogP contribution in [0.5, 0.6) is 0 Å². The number of aliphatic hydroxyl groups is 5. The Balaban J connectivity index is 2.07. The molecule has 9 nitrogen and oxygen atoms in total. The standard InChI is InChI=1S/C75H145NO8/c1-3-5-7-9-11-13-15-17-19-21-23-25-27-29-31-33-34-35-36-37-39-41-43-45-47-49-51-53-55-57-59-61-63-65-71(79)76-68(67-83-75-74(82)73(81)72(80)70(66-77)84-75)69(78)64-62-60-58-56-54-52-50-48-46-44-42-40-38-32-30-28-26-24-22-20-18-16-14-12-10-8-6-4-2/h15,17,21,23,68-70,72-75,77-78,80-82H,3-14,16,18-20,22,24-67H2,1-2H3,(H,76,79)/b17-15-,23-21-. The third-order valence-corrected chi connectivity index (χ3v) is 18.3. The first-order valence-corrected chi connectivity index (χ1v) is 37.5. The number of rotatable bonds is 67. The van der Waals surface area contributed by atoms with Crippen LogP contribution in [0, 0.1) is 0 Å². The van der Waals surface area contributed by atoms with Gasteiger partial charge in [-0.3, -0.25) is 4.79 Å². The van der Waals surface area contributed by atoms with E-state index in [0.29, 0.717) is 12.8 Å². The molecule has 1 amide bonds. The minimum Gasteiger partial charge on any atom is -0.394 e. The molecule has 1 fully saturated rings. The van der Waals surface area contributed by atoms with Gasteiger partial charge in [-0.25, -0.2) is 0 Å². The van der Waals surface area contributed by atoms with Gasteiger partial charge in [0.1, 0.15) is 24.4 Å². The molecule has 1 heterocycles. The molecular formula is C75H145NO8. The molecule has 0 aliphatic carbocycles. The first kappa shape index (κ1) is 80.7. The number of carbonyl (C=O) groups excluding carboxylic acids is 1. The summed E-state index contributed by atoms with van der Waals surface area (Å²) in [6.07, 6.45) is 78.4. The van der Waals surface area contributed by atoms with Crippen molar-refractivity contribution < 1.29 is 39.8 Å². The van der Waals surface area contributed by atoms with Crippen LogP contribution >= 0.6 is 0 Å². The molecule has 1 aliphatic rings. The molecular weight excluding hydrogens is 1040 g/mol. The lowest BCUT2D eigenvalue weighted by Crippen LogP contribution is -2.60. The van der Waals surface area contributed by atoms with Gasteiger partial charge < -0.3 is 40.3 Å². The fraction of sp³-hybridized carbons (Fsp3) is 0.933. The van der Waals surface area contributed by atoms with Crippen LogP contribution in [-0.4, -0.2) is 87.5 Å². The van der Waals surface area contributed by atoms with Gasteiger partial charge in [-0.15, -0.1) is 0 Å². The zero-order chi connectivity index (χ0) is 60.7. The summed E-state index contributed by atoms with van der Waals surface area (Å²) in [6.45, 7) is 3.89. The zero-order valence-corrected chi connectivity index (χ0v) is 55.9. The zero-order valence-electron chi connectivity index (χ0n) is 55.9. The Morgan fingerprint density at radius 2 is 0.702 bits per heavy atom. The maximum atomic E-state index is 13.2. The van der Waals surface area contributed by atoms with E-state index in [2.05, 4.69) is 43.5 Å². The maximum absolute atomic E-state index is 13.2. The second-order valence-electron chi connectivity index (χ2n) is 26.5. The van der Waals surface area contributed by atoms with Gasteiger partial charge in [0.25, 0.3) is 0 Å². The quantitative estimate of drug-likeness (QED) is 0.0261. The summed E-state index contributed by atoms with van der Waals surface area (Å²) < 4.78 is 11.4. The van der Waals surface area contributed by atoms with E-state index in [-0.39, 0.29) is 12.5 Å². The molecule has 9 heteroatoms. The van der Waals surface area contributed by atoms with Gasteiger partial charge in [-0.1, -0.05) is 366 Å². The molecule has 7 atom stereocenters. The molecule has 0 radical (unpaired) electrons. The van der Waals surface area contributed by atoms with Crippen LogP contribution < -0.4 is 5.32 Å². The Bertz CT molecular complexity index is 1380. The summed E-state index contributed by atoms with van der Waals surface area (Å²) >= 11 is 0. The highest BCUT2D eigenvalue weighted by Crippen LogP contribution is 2.24. The van der Waals surface area contributed by atoms with Crippen molar-refractivity contribution in [1.82, 2.24) is 5.32 Å². The second-order valence-corrected chi connectivity index (χ2v) is 26.5. The number of nitrogens with one attached hydrogen (secondary N) is 1. The number of carbonyl (C=O) groups is 1. The second kappa shape index (κ2) is 64.6. The lowest BCUT2D eigenvalue weighted by molar-refractivity contribution is -0.302. The summed E-state index contributed by atoms with van der Waals surface area (Å²) in [7, 11) is 0. The van der Waals surface area contributed by atoms with Crippen LogP contribution in [0.1, 0.15) is 393 Å². The van der Waals surface area contributed by atoms with E-state index in [1.165, 1.54) is 321 Å². The van der Waals surface area contributed by atoms with E-state index in [1.54, 1.807) is 0 Å². The van der Waals surface area contributed by atoms with Crippen molar-refractivity contribution >= 4 is 5.91 Å². The lowest BCUT2D eigenvalue weighted by atomic mass is 9.99. The summed E-state index contributed by atoms with van der Waals surface area (Å²) in [5.74, 6) is -0.135. The van der Waals surface area contributed by atoms with Crippen LogP contribution in [-0.2, 0) is 14.3 Å². The van der Waals surface area contributed by atoms with Crippen LogP contribution in [0.15, 0.2) is 24.3 Å². The Morgan fingerprint density at radius 3 is 1.02 bits per heavy atom. The topological polar surface area (TPSA) is 149 Å². The minimum atomic E-state index is -1.55. The summed E-state index contributed by atoms with van der Waals surface area (Å²) in [5.41, 5.74) is 0. The summed E-state index contributed by atoms with van der Waals surface area (Å²) in [4.78, 5) is 13.2. The van der Waals surface area contributed by atoms with E-state index >= 15 is 0 Å². The van der Waals surface area contributed by atoms with Gasteiger partial charge in [0.05, 0.1) is 25.4 Å². The molecule has 1 rings (SSSR count). The summed E-state index contributed by atoms with van der Waals surface area (Å²) in [5, 5.41) is 55.0. The van der Waals surface area contributed by atoms with E-state index in [1.807, 2.05) is 0 Å². The smallest absolute Gasteiger partial charge is 0.220 e. The number of ether oxygens (including phenoxy) is 2. The van der Waals surface area contributed by atoms with Gasteiger partial charge >= 0.3 is 0 Å². The van der Waals surface area contributed by atoms with Gasteiger partial charge in [-0.05, 0) is 44.9 Å². The van der Waals surface area contributed by atoms with Gasteiger partial charge in [-0.2, -0.15) is 0 Å². The Labute approximate surface area is 521 Å². The average molecular weight is 1190 g/mol. The lowest BCUT2D eigenvalue weighted by Gasteiger charge is -2.40. The SMILES string of the molecule is CCCCCCC/C=C\C/C=C\CCCCCCCCCCCCCCCCCCCCCCCC(=O)NC(COC1OC(CO)C(O)C(O)C1O)C(O)CCCCCCCCCCCCCCCCCCCCCCCCCCCCCC. The number of unbranched alkanes of at least 4 members (excludes halogenated alkanes) is 53. The third-order valence-electron chi connectivity index (χ3n) is 18.3. The predicted molar refractivity (Wildman–Crippen MR) is 360 cm³/mol. The largest absolute Gasteiger partial charge is 0.394 e. The summed E-state index contributed by atoms with van der Waals surface area (Å²) in [6, 6.07) is -0.718. The van der Waals surface area contributed by atoms with Crippen molar-refractivity contribution in [1.29, 1.82) is 0 Å². The van der Waals surface area contributed by atoms with Crippen LogP contribution in [0.25, 0.3) is 0 Å². The monoisotopic (exact) mass is 1190 g/mol. The molecule has 0 aromatic carbocycles. The fourth-order valence-electron chi connectivity index (χ4n) is 12.4. The van der Waals surface area contributed by atoms with E-state index in [9.17, 15) is 30.3 Å².